The Kier molecular flexibility index (Phi) is 3.66. The zero-order chi connectivity index (χ0) is 18.9. The van der Waals surface area contributed by atoms with Gasteiger partial charge in [0.1, 0.15) is 0 Å². The summed E-state index contributed by atoms with van der Waals surface area (Å²) in [4.78, 5) is 12.9. The minimum atomic E-state index is -4.24. The molecule has 2 heterocycles. The number of hydrogen-bond donors (Lipinski definition) is 1. The van der Waals surface area contributed by atoms with Crippen molar-refractivity contribution in [3.8, 4) is 0 Å². The van der Waals surface area contributed by atoms with Crippen LogP contribution in [0.25, 0.3) is 0 Å². The van der Waals surface area contributed by atoms with Gasteiger partial charge < -0.3 is 5.32 Å². The number of azo groups is 1. The highest BCUT2D eigenvalue weighted by Gasteiger charge is 2.57. The largest absolute Gasteiger partial charge is 0.391 e. The molecule has 0 amide bonds. The standard InChI is InChI=1S/C18H21F4N3O/c1-16(2)7-11-12(13(26)14(16)19)17(10-8-23-25-15(10)24-11)5-3-9(4-6-17)18(20,21)22/h9,14,24H,3-8H2,1-2H3. The van der Waals surface area contributed by atoms with Gasteiger partial charge in [-0.15, -0.1) is 5.11 Å². The first-order chi connectivity index (χ1) is 12.1. The molecule has 0 aromatic rings. The summed E-state index contributed by atoms with van der Waals surface area (Å²) >= 11 is 0. The Morgan fingerprint density at radius 1 is 1.19 bits per heavy atom. The van der Waals surface area contributed by atoms with Gasteiger partial charge in [-0.05, 0) is 32.1 Å². The number of allylic oxidation sites excluding steroid dienone is 2. The van der Waals surface area contributed by atoms with Crippen LogP contribution >= 0.6 is 0 Å². The molecule has 1 saturated carbocycles. The molecule has 0 bridgehead atoms. The molecule has 4 aliphatic rings. The molecule has 0 radical (unpaired) electrons. The van der Waals surface area contributed by atoms with Crippen molar-refractivity contribution >= 4 is 5.78 Å². The van der Waals surface area contributed by atoms with E-state index < -0.39 is 34.9 Å². The molecular weight excluding hydrogens is 350 g/mol. The third-order valence-corrected chi connectivity index (χ3v) is 6.41. The Bertz CT molecular complexity index is 755. The molecule has 1 atom stereocenters. The molecule has 4 nitrogen and oxygen atoms in total. The number of Topliss-reactive ketones (excluding diaryl/α,β-unsaturated/α-hetero) is 1. The lowest BCUT2D eigenvalue weighted by atomic mass is 9.56. The van der Waals surface area contributed by atoms with Crippen LogP contribution in [-0.4, -0.2) is 24.7 Å². The van der Waals surface area contributed by atoms with Gasteiger partial charge in [0.15, 0.2) is 17.8 Å². The SMILES string of the molecule is CC1(C)CC2=C(C(=O)C1F)C1(CCC(C(F)(F)F)CC1)C1=C(N=NC1)N2. The first-order valence-electron chi connectivity index (χ1n) is 8.93. The Labute approximate surface area is 148 Å². The lowest BCUT2D eigenvalue weighted by molar-refractivity contribution is -0.185. The maximum absolute atomic E-state index is 14.8. The van der Waals surface area contributed by atoms with Crippen LogP contribution in [0.5, 0.6) is 0 Å². The van der Waals surface area contributed by atoms with Crippen LogP contribution in [-0.2, 0) is 4.79 Å². The summed E-state index contributed by atoms with van der Waals surface area (Å²) in [5, 5.41) is 11.2. The number of rotatable bonds is 0. The molecule has 26 heavy (non-hydrogen) atoms. The minimum absolute atomic E-state index is 0.0648. The van der Waals surface area contributed by atoms with Crippen molar-refractivity contribution < 1.29 is 22.4 Å². The molecular formula is C18H21F4N3O. The third kappa shape index (κ3) is 2.36. The van der Waals surface area contributed by atoms with Crippen molar-refractivity contribution in [1.82, 2.24) is 5.32 Å². The number of ketones is 1. The van der Waals surface area contributed by atoms with E-state index in [0.29, 0.717) is 23.5 Å². The monoisotopic (exact) mass is 371 g/mol. The number of nitrogens with zero attached hydrogens (tertiary/aromatic N) is 2. The van der Waals surface area contributed by atoms with E-state index in [9.17, 15) is 22.4 Å². The fourth-order valence-electron chi connectivity index (χ4n) is 4.97. The normalized spacial score (nSPS) is 36.3. The predicted octanol–water partition coefficient (Wildman–Crippen LogP) is 4.60. The first kappa shape index (κ1) is 17.7. The quantitative estimate of drug-likeness (QED) is 0.633. The second-order valence-electron chi connectivity index (χ2n) is 8.50. The highest BCUT2D eigenvalue weighted by atomic mass is 19.4. The molecule has 0 saturated heterocycles. The van der Waals surface area contributed by atoms with Gasteiger partial charge in [0.05, 0.1) is 12.5 Å². The lowest BCUT2D eigenvalue weighted by Gasteiger charge is -2.49. The van der Waals surface area contributed by atoms with Crippen molar-refractivity contribution in [2.75, 3.05) is 6.54 Å². The third-order valence-electron chi connectivity index (χ3n) is 6.41. The summed E-state index contributed by atoms with van der Waals surface area (Å²) in [6, 6.07) is 0. The van der Waals surface area contributed by atoms with Crippen molar-refractivity contribution in [3.05, 3.63) is 22.7 Å². The summed E-state index contributed by atoms with van der Waals surface area (Å²) in [5.74, 6) is -1.43. The summed E-state index contributed by atoms with van der Waals surface area (Å²) in [5.41, 5.74) is -0.0210. The fraction of sp³-hybridized carbons (Fsp3) is 0.722. The topological polar surface area (TPSA) is 53.8 Å². The average molecular weight is 371 g/mol. The fourth-order valence-corrected chi connectivity index (χ4v) is 4.97. The second-order valence-corrected chi connectivity index (χ2v) is 8.50. The van der Waals surface area contributed by atoms with Crippen molar-refractivity contribution in [2.24, 2.45) is 27.0 Å². The van der Waals surface area contributed by atoms with Gasteiger partial charge in [-0.25, -0.2) is 4.39 Å². The van der Waals surface area contributed by atoms with Crippen molar-refractivity contribution in [1.29, 1.82) is 0 Å². The summed E-state index contributed by atoms with van der Waals surface area (Å²) in [6.07, 6.45) is -5.34. The van der Waals surface area contributed by atoms with Gasteiger partial charge in [-0.2, -0.15) is 18.3 Å². The molecule has 0 aromatic heterocycles. The highest BCUT2D eigenvalue weighted by Crippen LogP contribution is 2.58. The zero-order valence-corrected chi connectivity index (χ0v) is 14.7. The van der Waals surface area contributed by atoms with Crippen LogP contribution in [0.1, 0.15) is 46.0 Å². The lowest BCUT2D eigenvalue weighted by Crippen LogP contribution is -2.50. The summed E-state index contributed by atoms with van der Waals surface area (Å²) in [6.45, 7) is 3.63. The van der Waals surface area contributed by atoms with Crippen LogP contribution in [0.2, 0.25) is 0 Å². The molecule has 4 rings (SSSR count). The number of carbonyl (C=O) groups is 1. The van der Waals surface area contributed by atoms with E-state index in [2.05, 4.69) is 15.5 Å². The van der Waals surface area contributed by atoms with Crippen molar-refractivity contribution in [3.63, 3.8) is 0 Å². The van der Waals surface area contributed by atoms with Crippen molar-refractivity contribution in [2.45, 2.75) is 58.3 Å². The predicted molar refractivity (Wildman–Crippen MR) is 85.7 cm³/mol. The molecule has 0 aromatic carbocycles. The Hall–Kier alpha value is -1.73. The molecule has 1 unspecified atom stereocenters. The van der Waals surface area contributed by atoms with E-state index in [1.807, 2.05) is 0 Å². The average Bonchev–Trinajstić information content (AvgIpc) is 3.01. The van der Waals surface area contributed by atoms with Crippen LogP contribution in [0, 0.1) is 16.7 Å². The van der Waals surface area contributed by atoms with Gasteiger partial charge >= 0.3 is 6.18 Å². The Morgan fingerprint density at radius 2 is 1.85 bits per heavy atom. The maximum Gasteiger partial charge on any atom is 0.391 e. The maximum atomic E-state index is 14.8. The number of hydrogen-bond acceptors (Lipinski definition) is 4. The van der Waals surface area contributed by atoms with Crippen LogP contribution in [0.15, 0.2) is 32.9 Å². The summed E-state index contributed by atoms with van der Waals surface area (Å²) in [7, 11) is 0. The number of dihydropyridines is 1. The van der Waals surface area contributed by atoms with E-state index in [1.54, 1.807) is 13.8 Å². The van der Waals surface area contributed by atoms with Crippen LogP contribution in [0.4, 0.5) is 17.6 Å². The highest BCUT2D eigenvalue weighted by molar-refractivity contribution is 6.03. The Morgan fingerprint density at radius 3 is 2.46 bits per heavy atom. The van der Waals surface area contributed by atoms with E-state index in [0.717, 1.165) is 5.57 Å². The molecule has 8 heteroatoms. The molecule has 2 aliphatic heterocycles. The zero-order valence-electron chi connectivity index (χ0n) is 14.7. The van der Waals surface area contributed by atoms with E-state index >= 15 is 0 Å². The Balaban J connectivity index is 1.77. The number of fused-ring (bicyclic) bond motifs is 2. The van der Waals surface area contributed by atoms with Crippen LogP contribution in [0.3, 0.4) is 0 Å². The second kappa shape index (κ2) is 5.39. The van der Waals surface area contributed by atoms with E-state index in [4.69, 9.17) is 0 Å². The number of halogens is 4. The van der Waals surface area contributed by atoms with Gasteiger partial charge in [0, 0.05) is 27.7 Å². The molecule has 1 fully saturated rings. The molecule has 2 aliphatic carbocycles. The number of alkyl halides is 4. The number of carbonyl (C=O) groups excluding carboxylic acids is 1. The van der Waals surface area contributed by atoms with E-state index in [1.165, 1.54) is 0 Å². The van der Waals surface area contributed by atoms with Gasteiger partial charge in [0.2, 0.25) is 0 Å². The van der Waals surface area contributed by atoms with Gasteiger partial charge in [-0.1, -0.05) is 13.8 Å². The summed E-state index contributed by atoms with van der Waals surface area (Å²) < 4.78 is 54.2. The van der Waals surface area contributed by atoms with E-state index in [-0.39, 0.29) is 32.2 Å². The molecule has 1 N–H and O–H groups in total. The van der Waals surface area contributed by atoms with Gasteiger partial charge in [0.25, 0.3) is 0 Å². The molecule has 1 spiro atoms. The number of nitrogens with one attached hydrogen (secondary N) is 1. The van der Waals surface area contributed by atoms with Crippen LogP contribution < -0.4 is 5.32 Å². The van der Waals surface area contributed by atoms with Gasteiger partial charge in [-0.3, -0.25) is 4.79 Å². The first-order valence-corrected chi connectivity index (χ1v) is 8.93. The minimum Gasteiger partial charge on any atom is -0.342 e. The smallest absolute Gasteiger partial charge is 0.342 e. The molecule has 142 valence electrons.